The fourth-order valence-corrected chi connectivity index (χ4v) is 3.12. The zero-order valence-corrected chi connectivity index (χ0v) is 17.9. The molecule has 3 rings (SSSR count). The molecule has 0 atom stereocenters. The lowest BCUT2D eigenvalue weighted by molar-refractivity contribution is 0.0522. The number of hydrogen-bond acceptors (Lipinski definition) is 6. The van der Waals surface area contributed by atoms with Crippen LogP contribution in [0.2, 0.25) is 0 Å². The Bertz CT molecular complexity index is 1050. The molecule has 0 unspecified atom stereocenters. The molecule has 2 aromatic carbocycles. The number of methoxy groups -OCH3 is 1. The Kier molecular flexibility index (Phi) is 6.15. The number of ether oxygens (including phenoxy) is 3. The molecular weight excluding hydrogens is 384 g/mol. The van der Waals surface area contributed by atoms with E-state index in [9.17, 15) is 9.59 Å². The number of carbonyl (C=O) groups excluding carboxylic acids is 2. The second-order valence-corrected chi connectivity index (χ2v) is 7.91. The fourth-order valence-electron chi connectivity index (χ4n) is 3.12. The van der Waals surface area contributed by atoms with Crippen LogP contribution in [0.5, 0.6) is 5.75 Å². The van der Waals surface area contributed by atoms with Gasteiger partial charge in [0.15, 0.2) is 0 Å². The summed E-state index contributed by atoms with van der Waals surface area (Å²) in [6.07, 6.45) is 0. The van der Waals surface area contributed by atoms with E-state index < -0.39 is 5.97 Å². The van der Waals surface area contributed by atoms with Crippen molar-refractivity contribution in [1.82, 2.24) is 0 Å². The molecular formula is C24H26O6. The molecule has 0 spiro atoms. The molecule has 0 amide bonds. The Labute approximate surface area is 175 Å². The number of hydrogen-bond donors (Lipinski definition) is 0. The lowest BCUT2D eigenvalue weighted by Crippen LogP contribution is -2.16. The van der Waals surface area contributed by atoms with Crippen molar-refractivity contribution in [3.05, 3.63) is 64.9 Å². The first-order valence-corrected chi connectivity index (χ1v) is 9.78. The van der Waals surface area contributed by atoms with Gasteiger partial charge in [-0.05, 0) is 42.8 Å². The highest BCUT2D eigenvalue weighted by Crippen LogP contribution is 2.36. The topological polar surface area (TPSA) is 75.0 Å². The molecule has 6 nitrogen and oxygen atoms in total. The molecule has 1 aromatic heterocycles. The maximum Gasteiger partial charge on any atom is 0.342 e. The molecule has 0 saturated carbocycles. The zero-order chi connectivity index (χ0) is 21.9. The third-order valence-electron chi connectivity index (χ3n) is 4.60. The van der Waals surface area contributed by atoms with Crippen molar-refractivity contribution in [1.29, 1.82) is 0 Å². The van der Waals surface area contributed by atoms with Crippen molar-refractivity contribution >= 4 is 22.9 Å². The maximum atomic E-state index is 12.6. The Morgan fingerprint density at radius 1 is 1.00 bits per heavy atom. The minimum Gasteiger partial charge on any atom is -0.489 e. The van der Waals surface area contributed by atoms with E-state index in [0.29, 0.717) is 40.2 Å². The van der Waals surface area contributed by atoms with Crippen LogP contribution in [0.3, 0.4) is 0 Å². The summed E-state index contributed by atoms with van der Waals surface area (Å²) in [5, 5.41) is 0.664. The summed E-state index contributed by atoms with van der Waals surface area (Å²) >= 11 is 0. The average Bonchev–Trinajstić information content (AvgIpc) is 3.11. The highest BCUT2D eigenvalue weighted by atomic mass is 16.5. The minimum absolute atomic E-state index is 0.285. The van der Waals surface area contributed by atoms with Crippen LogP contribution in [0.4, 0.5) is 0 Å². The summed E-state index contributed by atoms with van der Waals surface area (Å²) in [6, 6.07) is 12.4. The third-order valence-corrected chi connectivity index (χ3v) is 4.60. The molecule has 3 aromatic rings. The van der Waals surface area contributed by atoms with E-state index >= 15 is 0 Å². The number of carbonyl (C=O) groups is 2. The van der Waals surface area contributed by atoms with Crippen LogP contribution in [-0.2, 0) is 21.5 Å². The average molecular weight is 410 g/mol. The number of rotatable bonds is 6. The van der Waals surface area contributed by atoms with Gasteiger partial charge < -0.3 is 18.6 Å². The van der Waals surface area contributed by atoms with Crippen LogP contribution in [0.1, 0.15) is 59.7 Å². The quantitative estimate of drug-likeness (QED) is 0.515. The van der Waals surface area contributed by atoms with Crippen molar-refractivity contribution in [3.63, 3.8) is 0 Å². The first-order valence-electron chi connectivity index (χ1n) is 9.78. The van der Waals surface area contributed by atoms with Crippen molar-refractivity contribution in [2.45, 2.75) is 39.7 Å². The van der Waals surface area contributed by atoms with E-state index in [1.54, 1.807) is 37.3 Å². The van der Waals surface area contributed by atoms with Gasteiger partial charge in [0.2, 0.25) is 0 Å². The highest BCUT2D eigenvalue weighted by Gasteiger charge is 2.30. The second-order valence-electron chi connectivity index (χ2n) is 7.91. The lowest BCUT2D eigenvalue weighted by atomic mass is 9.89. The number of benzene rings is 2. The summed E-state index contributed by atoms with van der Waals surface area (Å²) in [4.78, 5) is 24.2. The standard InChI is InChI=1S/C24H26O6/c1-6-28-23(26)20-18-13-17(11-12-19(18)30-21(20)24(2,3)4)29-14-15-7-9-16(10-8-15)22(25)27-5/h7-13H,6,14H2,1-5H3. The van der Waals surface area contributed by atoms with Gasteiger partial charge in [0.05, 0.1) is 19.3 Å². The van der Waals surface area contributed by atoms with Gasteiger partial charge in [0.25, 0.3) is 0 Å². The SMILES string of the molecule is CCOC(=O)c1c(C(C)(C)C)oc2ccc(OCc3ccc(C(=O)OC)cc3)cc12. The van der Waals surface area contributed by atoms with E-state index in [0.717, 1.165) is 5.56 Å². The summed E-state index contributed by atoms with van der Waals surface area (Å²) in [5.41, 5.74) is 2.07. The van der Waals surface area contributed by atoms with Gasteiger partial charge in [-0.1, -0.05) is 32.9 Å². The number of esters is 2. The molecule has 158 valence electrons. The zero-order valence-electron chi connectivity index (χ0n) is 17.9. The van der Waals surface area contributed by atoms with Crippen LogP contribution in [-0.4, -0.2) is 25.7 Å². The first-order chi connectivity index (χ1) is 14.2. The Balaban J connectivity index is 1.88. The molecule has 0 aliphatic carbocycles. The largest absolute Gasteiger partial charge is 0.489 e. The molecule has 0 saturated heterocycles. The van der Waals surface area contributed by atoms with Crippen LogP contribution in [0, 0.1) is 0 Å². The molecule has 0 bridgehead atoms. The Hall–Kier alpha value is -3.28. The van der Waals surface area contributed by atoms with Crippen molar-refractivity contribution in [2.75, 3.05) is 13.7 Å². The maximum absolute atomic E-state index is 12.6. The lowest BCUT2D eigenvalue weighted by Gasteiger charge is -2.16. The van der Waals surface area contributed by atoms with Crippen LogP contribution < -0.4 is 4.74 Å². The van der Waals surface area contributed by atoms with Gasteiger partial charge in [-0.15, -0.1) is 0 Å². The van der Waals surface area contributed by atoms with Gasteiger partial charge in [-0.25, -0.2) is 9.59 Å². The highest BCUT2D eigenvalue weighted by molar-refractivity contribution is 6.05. The van der Waals surface area contributed by atoms with Gasteiger partial charge in [-0.3, -0.25) is 0 Å². The van der Waals surface area contributed by atoms with E-state index in [-0.39, 0.29) is 18.0 Å². The van der Waals surface area contributed by atoms with Crippen molar-refractivity contribution in [3.8, 4) is 5.75 Å². The van der Waals surface area contributed by atoms with Gasteiger partial charge >= 0.3 is 11.9 Å². The Morgan fingerprint density at radius 2 is 1.70 bits per heavy atom. The summed E-state index contributed by atoms with van der Waals surface area (Å²) < 4.78 is 21.9. The summed E-state index contributed by atoms with van der Waals surface area (Å²) in [7, 11) is 1.35. The van der Waals surface area contributed by atoms with Crippen LogP contribution >= 0.6 is 0 Å². The fraction of sp³-hybridized carbons (Fsp3) is 0.333. The summed E-state index contributed by atoms with van der Waals surface area (Å²) in [6.45, 7) is 8.34. The number of furan rings is 1. The molecule has 30 heavy (non-hydrogen) atoms. The third kappa shape index (κ3) is 4.48. The second kappa shape index (κ2) is 8.61. The van der Waals surface area contributed by atoms with Crippen molar-refractivity contribution in [2.24, 2.45) is 0 Å². The predicted octanol–water partition coefficient (Wildman–Crippen LogP) is 5.27. The van der Waals surface area contributed by atoms with Crippen molar-refractivity contribution < 1.29 is 28.2 Å². The van der Waals surface area contributed by atoms with E-state index in [4.69, 9.17) is 18.6 Å². The molecule has 1 heterocycles. The molecule has 0 radical (unpaired) electrons. The van der Waals surface area contributed by atoms with E-state index in [2.05, 4.69) is 0 Å². The Morgan fingerprint density at radius 3 is 2.30 bits per heavy atom. The molecule has 6 heteroatoms. The van der Waals surface area contributed by atoms with Gasteiger partial charge in [0.1, 0.15) is 29.3 Å². The first kappa shape index (κ1) is 21.4. The number of fused-ring (bicyclic) bond motifs is 1. The smallest absolute Gasteiger partial charge is 0.342 e. The van der Waals surface area contributed by atoms with E-state index in [1.165, 1.54) is 7.11 Å². The molecule has 0 aliphatic rings. The normalized spacial score (nSPS) is 11.4. The van der Waals surface area contributed by atoms with Gasteiger partial charge in [-0.2, -0.15) is 0 Å². The van der Waals surface area contributed by atoms with Gasteiger partial charge in [0, 0.05) is 10.8 Å². The van der Waals surface area contributed by atoms with Crippen LogP contribution in [0.15, 0.2) is 46.9 Å². The minimum atomic E-state index is -0.406. The van der Waals surface area contributed by atoms with E-state index in [1.807, 2.05) is 32.9 Å². The molecule has 0 aliphatic heterocycles. The predicted molar refractivity (Wildman–Crippen MR) is 113 cm³/mol. The van der Waals surface area contributed by atoms with Crippen LogP contribution in [0.25, 0.3) is 11.0 Å². The molecule has 0 fully saturated rings. The monoisotopic (exact) mass is 410 g/mol. The molecule has 0 N–H and O–H groups in total. The summed E-state index contributed by atoms with van der Waals surface area (Å²) in [5.74, 6) is 0.406.